The van der Waals surface area contributed by atoms with E-state index in [4.69, 9.17) is 4.74 Å². The zero-order valence-electron chi connectivity index (χ0n) is 13.4. The molecule has 1 aliphatic carbocycles. The molecule has 3 heteroatoms. The highest BCUT2D eigenvalue weighted by Gasteiger charge is 2.19. The molecule has 1 aromatic rings. The van der Waals surface area contributed by atoms with Gasteiger partial charge < -0.3 is 4.74 Å². The van der Waals surface area contributed by atoms with Crippen molar-refractivity contribution in [2.75, 3.05) is 32.8 Å². The SMILES string of the molecule is O=Cc1ccc(CCN2CCOCC2)c(C2CCCCC2)c1. The molecule has 0 atom stereocenters. The number of hydrogen-bond donors (Lipinski definition) is 0. The summed E-state index contributed by atoms with van der Waals surface area (Å²) < 4.78 is 5.42. The molecule has 0 amide bonds. The van der Waals surface area contributed by atoms with Gasteiger partial charge in [0.25, 0.3) is 0 Å². The Bertz CT molecular complexity index is 488. The van der Waals surface area contributed by atoms with Crippen molar-refractivity contribution in [3.63, 3.8) is 0 Å². The van der Waals surface area contributed by atoms with Crippen molar-refractivity contribution in [1.29, 1.82) is 0 Å². The third-order valence-electron chi connectivity index (χ3n) is 5.15. The Morgan fingerprint density at radius 3 is 2.64 bits per heavy atom. The fraction of sp³-hybridized carbons (Fsp3) is 0.632. The Labute approximate surface area is 133 Å². The van der Waals surface area contributed by atoms with Gasteiger partial charge in [-0.15, -0.1) is 0 Å². The number of morpholine rings is 1. The number of carbonyl (C=O) groups excluding carboxylic acids is 1. The minimum atomic E-state index is 0.660. The van der Waals surface area contributed by atoms with Gasteiger partial charge in [0.1, 0.15) is 6.29 Å². The number of nitrogens with zero attached hydrogens (tertiary/aromatic N) is 1. The Morgan fingerprint density at radius 2 is 1.91 bits per heavy atom. The predicted molar refractivity (Wildman–Crippen MR) is 88.6 cm³/mol. The lowest BCUT2D eigenvalue weighted by Gasteiger charge is -2.28. The van der Waals surface area contributed by atoms with E-state index >= 15 is 0 Å². The third kappa shape index (κ3) is 3.96. The number of benzene rings is 1. The lowest BCUT2D eigenvalue weighted by molar-refractivity contribution is 0.0384. The molecule has 3 rings (SSSR count). The quantitative estimate of drug-likeness (QED) is 0.781. The second-order valence-electron chi connectivity index (χ2n) is 6.62. The smallest absolute Gasteiger partial charge is 0.150 e. The Morgan fingerprint density at radius 1 is 1.14 bits per heavy atom. The van der Waals surface area contributed by atoms with E-state index in [1.165, 1.54) is 43.2 Å². The summed E-state index contributed by atoms with van der Waals surface area (Å²) in [6.45, 7) is 4.92. The van der Waals surface area contributed by atoms with Gasteiger partial charge in [-0.1, -0.05) is 31.4 Å². The van der Waals surface area contributed by atoms with Crippen molar-refractivity contribution in [3.8, 4) is 0 Å². The average Bonchev–Trinajstić information content (AvgIpc) is 2.61. The minimum absolute atomic E-state index is 0.660. The molecule has 0 spiro atoms. The van der Waals surface area contributed by atoms with Gasteiger partial charge in [0.05, 0.1) is 13.2 Å². The highest BCUT2D eigenvalue weighted by Crippen LogP contribution is 2.35. The standard InChI is InChI=1S/C19H27NO2/c21-15-16-6-7-18(8-9-20-10-12-22-13-11-20)19(14-16)17-4-2-1-3-5-17/h6-7,14-15,17H,1-5,8-13H2. The molecule has 2 aliphatic rings. The second kappa shape index (κ2) is 7.89. The summed E-state index contributed by atoms with van der Waals surface area (Å²) >= 11 is 0. The molecule has 3 nitrogen and oxygen atoms in total. The highest BCUT2D eigenvalue weighted by atomic mass is 16.5. The van der Waals surface area contributed by atoms with E-state index in [1.807, 2.05) is 6.07 Å². The maximum atomic E-state index is 11.1. The predicted octanol–water partition coefficient (Wildman–Crippen LogP) is 3.42. The number of ether oxygens (including phenoxy) is 1. The fourth-order valence-corrected chi connectivity index (χ4v) is 3.81. The van der Waals surface area contributed by atoms with E-state index in [1.54, 1.807) is 0 Å². The van der Waals surface area contributed by atoms with Crippen molar-refractivity contribution in [2.45, 2.75) is 44.4 Å². The van der Waals surface area contributed by atoms with Gasteiger partial charge in [-0.25, -0.2) is 0 Å². The van der Waals surface area contributed by atoms with Crippen molar-refractivity contribution in [3.05, 3.63) is 34.9 Å². The first-order valence-electron chi connectivity index (χ1n) is 8.75. The van der Waals surface area contributed by atoms with E-state index in [-0.39, 0.29) is 0 Å². The summed E-state index contributed by atoms with van der Waals surface area (Å²) in [5.41, 5.74) is 3.72. The molecule has 1 saturated carbocycles. The van der Waals surface area contributed by atoms with E-state index in [0.29, 0.717) is 5.92 Å². The molecule has 0 bridgehead atoms. The molecule has 0 radical (unpaired) electrons. The van der Waals surface area contributed by atoms with Crippen LogP contribution in [0.25, 0.3) is 0 Å². The average molecular weight is 301 g/mol. The normalized spacial score (nSPS) is 20.9. The van der Waals surface area contributed by atoms with E-state index in [2.05, 4.69) is 17.0 Å². The van der Waals surface area contributed by atoms with Crippen molar-refractivity contribution < 1.29 is 9.53 Å². The summed E-state index contributed by atoms with van der Waals surface area (Å²) in [4.78, 5) is 13.6. The first-order chi connectivity index (χ1) is 10.9. The van der Waals surface area contributed by atoms with Crippen LogP contribution in [-0.2, 0) is 11.2 Å². The topological polar surface area (TPSA) is 29.5 Å². The molecule has 0 N–H and O–H groups in total. The molecular formula is C19H27NO2. The Balaban J connectivity index is 1.71. The van der Waals surface area contributed by atoms with Crippen LogP contribution in [0.2, 0.25) is 0 Å². The van der Waals surface area contributed by atoms with Gasteiger partial charge in [-0.3, -0.25) is 9.69 Å². The minimum Gasteiger partial charge on any atom is -0.379 e. The molecule has 0 aromatic heterocycles. The molecule has 0 unspecified atom stereocenters. The molecule has 22 heavy (non-hydrogen) atoms. The maximum Gasteiger partial charge on any atom is 0.150 e. The zero-order valence-corrected chi connectivity index (χ0v) is 13.4. The molecule has 1 heterocycles. The van der Waals surface area contributed by atoms with Crippen LogP contribution < -0.4 is 0 Å². The zero-order chi connectivity index (χ0) is 15.2. The maximum absolute atomic E-state index is 11.1. The molecule has 2 fully saturated rings. The third-order valence-corrected chi connectivity index (χ3v) is 5.15. The number of aldehydes is 1. The highest BCUT2D eigenvalue weighted by molar-refractivity contribution is 5.75. The van der Waals surface area contributed by atoms with E-state index < -0.39 is 0 Å². The monoisotopic (exact) mass is 301 g/mol. The first-order valence-corrected chi connectivity index (χ1v) is 8.75. The lowest BCUT2D eigenvalue weighted by atomic mass is 9.81. The number of hydrogen-bond acceptors (Lipinski definition) is 3. The molecular weight excluding hydrogens is 274 g/mol. The summed E-state index contributed by atoms with van der Waals surface area (Å²) in [6.07, 6.45) is 8.67. The number of carbonyl (C=O) groups is 1. The van der Waals surface area contributed by atoms with Crippen LogP contribution >= 0.6 is 0 Å². The van der Waals surface area contributed by atoms with Crippen molar-refractivity contribution in [1.82, 2.24) is 4.90 Å². The van der Waals surface area contributed by atoms with Crippen LogP contribution in [0.3, 0.4) is 0 Å². The van der Waals surface area contributed by atoms with Crippen LogP contribution in [0, 0.1) is 0 Å². The Kier molecular flexibility index (Phi) is 5.63. The van der Waals surface area contributed by atoms with Crippen LogP contribution in [0.15, 0.2) is 18.2 Å². The van der Waals surface area contributed by atoms with Gasteiger partial charge in [0, 0.05) is 25.2 Å². The van der Waals surface area contributed by atoms with Crippen LogP contribution in [0.5, 0.6) is 0 Å². The van der Waals surface area contributed by atoms with E-state index in [9.17, 15) is 4.79 Å². The van der Waals surface area contributed by atoms with Gasteiger partial charge in [0.2, 0.25) is 0 Å². The second-order valence-corrected chi connectivity index (χ2v) is 6.62. The van der Waals surface area contributed by atoms with Gasteiger partial charge >= 0.3 is 0 Å². The summed E-state index contributed by atoms with van der Waals surface area (Å²) in [6, 6.07) is 6.32. The summed E-state index contributed by atoms with van der Waals surface area (Å²) in [7, 11) is 0. The van der Waals surface area contributed by atoms with Crippen molar-refractivity contribution in [2.24, 2.45) is 0 Å². The molecule has 120 valence electrons. The van der Waals surface area contributed by atoms with Gasteiger partial charge in [-0.2, -0.15) is 0 Å². The van der Waals surface area contributed by atoms with E-state index in [0.717, 1.165) is 51.1 Å². The fourth-order valence-electron chi connectivity index (χ4n) is 3.81. The van der Waals surface area contributed by atoms with Crippen LogP contribution in [0.4, 0.5) is 0 Å². The van der Waals surface area contributed by atoms with Crippen LogP contribution in [0.1, 0.15) is 59.5 Å². The van der Waals surface area contributed by atoms with Crippen LogP contribution in [-0.4, -0.2) is 44.0 Å². The molecule has 1 saturated heterocycles. The first kappa shape index (κ1) is 15.7. The molecule has 1 aromatic carbocycles. The summed E-state index contributed by atoms with van der Waals surface area (Å²) in [5.74, 6) is 0.660. The lowest BCUT2D eigenvalue weighted by Crippen LogP contribution is -2.37. The summed E-state index contributed by atoms with van der Waals surface area (Å²) in [5, 5.41) is 0. The van der Waals surface area contributed by atoms with Crippen molar-refractivity contribution >= 4 is 6.29 Å². The Hall–Kier alpha value is -1.19. The largest absolute Gasteiger partial charge is 0.379 e. The molecule has 1 aliphatic heterocycles. The van der Waals surface area contributed by atoms with Gasteiger partial charge in [-0.05, 0) is 42.4 Å². The van der Waals surface area contributed by atoms with Gasteiger partial charge in [0.15, 0.2) is 0 Å². The number of rotatable bonds is 5.